The van der Waals surface area contributed by atoms with Gasteiger partial charge in [0.1, 0.15) is 24.2 Å². The van der Waals surface area contributed by atoms with Crippen LogP contribution in [0.2, 0.25) is 0 Å². The van der Waals surface area contributed by atoms with Crippen LogP contribution in [0.25, 0.3) is 0 Å². The molecule has 1 aromatic carbocycles. The quantitative estimate of drug-likeness (QED) is 0.0131. The van der Waals surface area contributed by atoms with Gasteiger partial charge in [-0.25, -0.2) is 15.6 Å². The second kappa shape index (κ2) is 23.9. The Balaban J connectivity index is 3.09. The van der Waals surface area contributed by atoms with Gasteiger partial charge >= 0.3 is 5.97 Å². The summed E-state index contributed by atoms with van der Waals surface area (Å²) in [4.78, 5) is 106. The molecule has 306 valence electrons. The molecular formula is C35H57N11O9. The zero-order valence-corrected chi connectivity index (χ0v) is 31.8. The van der Waals surface area contributed by atoms with Gasteiger partial charge in [0.05, 0.1) is 12.5 Å². The van der Waals surface area contributed by atoms with E-state index in [0.717, 1.165) is 0 Å². The monoisotopic (exact) mass is 775 g/mol. The minimum absolute atomic E-state index is 0.0723. The predicted octanol–water partition coefficient (Wildman–Crippen LogP) is -2.39. The van der Waals surface area contributed by atoms with Crippen molar-refractivity contribution in [1.82, 2.24) is 26.3 Å². The number of amides is 7. The van der Waals surface area contributed by atoms with Gasteiger partial charge in [0.15, 0.2) is 5.96 Å². The van der Waals surface area contributed by atoms with Crippen LogP contribution in [-0.4, -0.2) is 100 Å². The van der Waals surface area contributed by atoms with E-state index in [1.807, 2.05) is 13.8 Å². The van der Waals surface area contributed by atoms with E-state index in [4.69, 9.17) is 28.8 Å². The number of carboxylic acids is 1. The summed E-state index contributed by atoms with van der Waals surface area (Å²) >= 11 is 0. The van der Waals surface area contributed by atoms with Crippen LogP contribution in [-0.2, 0) is 44.8 Å². The number of hydrogen-bond acceptors (Lipinski definition) is 11. The zero-order chi connectivity index (χ0) is 41.8. The smallest absolute Gasteiger partial charge is 0.326 e. The molecule has 7 amide bonds. The Morgan fingerprint density at radius 3 is 1.84 bits per heavy atom. The van der Waals surface area contributed by atoms with Crippen molar-refractivity contribution in [3.8, 4) is 0 Å². The van der Waals surface area contributed by atoms with Gasteiger partial charge in [-0.2, -0.15) is 0 Å². The summed E-state index contributed by atoms with van der Waals surface area (Å²) in [5.74, 6) is -1.91. The van der Waals surface area contributed by atoms with Gasteiger partial charge in [0, 0.05) is 25.8 Å². The summed E-state index contributed by atoms with van der Waals surface area (Å²) in [5.41, 5.74) is 22.5. The van der Waals surface area contributed by atoms with Gasteiger partial charge in [0.25, 0.3) is 5.91 Å². The minimum Gasteiger partial charge on any atom is -0.480 e. The maximum atomic E-state index is 13.6. The number of aliphatic imine (C=N–C) groups is 1. The first-order chi connectivity index (χ1) is 25.7. The molecule has 0 aliphatic rings. The third-order valence-corrected chi connectivity index (χ3v) is 7.99. The molecule has 0 aliphatic heterocycles. The van der Waals surface area contributed by atoms with E-state index in [1.165, 1.54) is 0 Å². The van der Waals surface area contributed by atoms with Gasteiger partial charge in [-0.3, -0.25) is 38.6 Å². The summed E-state index contributed by atoms with van der Waals surface area (Å²) in [6.07, 6.45) is -1.12. The first-order valence-electron chi connectivity index (χ1n) is 17.9. The normalized spacial score (nSPS) is 13.7. The van der Waals surface area contributed by atoms with Gasteiger partial charge in [-0.15, -0.1) is 0 Å². The summed E-state index contributed by atoms with van der Waals surface area (Å²) in [7, 11) is 0. The van der Waals surface area contributed by atoms with Gasteiger partial charge in [-0.05, 0) is 43.1 Å². The molecule has 55 heavy (non-hydrogen) atoms. The van der Waals surface area contributed by atoms with Crippen molar-refractivity contribution in [2.75, 3.05) is 6.54 Å². The molecule has 0 bridgehead atoms. The molecule has 1 rings (SSSR count). The maximum absolute atomic E-state index is 13.6. The van der Waals surface area contributed by atoms with Crippen molar-refractivity contribution >= 4 is 53.3 Å². The van der Waals surface area contributed by atoms with Crippen LogP contribution < -0.4 is 50.0 Å². The highest BCUT2D eigenvalue weighted by Crippen LogP contribution is 2.11. The van der Waals surface area contributed by atoms with Crippen molar-refractivity contribution in [3.63, 3.8) is 0 Å². The lowest BCUT2D eigenvalue weighted by Crippen LogP contribution is -2.58. The van der Waals surface area contributed by atoms with Crippen LogP contribution in [0.4, 0.5) is 0 Å². The maximum Gasteiger partial charge on any atom is 0.326 e. The molecule has 15 N–H and O–H groups in total. The number of benzene rings is 1. The highest BCUT2D eigenvalue weighted by molar-refractivity contribution is 6.01. The number of guanidine groups is 1. The molecule has 0 aromatic heterocycles. The first kappa shape index (κ1) is 47.4. The molecule has 0 spiro atoms. The Hall–Kier alpha value is -5.63. The minimum atomic E-state index is -1.55. The number of imide groups is 1. The van der Waals surface area contributed by atoms with Gasteiger partial charge < -0.3 is 49.3 Å². The molecule has 0 aliphatic carbocycles. The number of carbonyl (C=O) groups is 8. The van der Waals surface area contributed by atoms with Crippen molar-refractivity contribution in [2.24, 2.45) is 45.6 Å². The lowest BCUT2D eigenvalue weighted by atomic mass is 10.00. The summed E-state index contributed by atoms with van der Waals surface area (Å²) in [6, 6.07) is 2.18. The molecule has 20 nitrogen and oxygen atoms in total. The number of rotatable bonds is 24. The predicted molar refractivity (Wildman–Crippen MR) is 201 cm³/mol. The Bertz CT molecular complexity index is 1520. The molecule has 0 radical (unpaired) electrons. The Labute approximate surface area is 320 Å². The summed E-state index contributed by atoms with van der Waals surface area (Å²) in [6.45, 7) is 7.39. The largest absolute Gasteiger partial charge is 0.480 e. The molecule has 0 fully saturated rings. The van der Waals surface area contributed by atoms with Crippen LogP contribution in [0, 0.1) is 11.8 Å². The Morgan fingerprint density at radius 2 is 1.29 bits per heavy atom. The topological polar surface area (TPSA) is 351 Å². The standard InChI is InChI=1S/C35H57N11O9/c1-19(2)15-23(43-30(50)22(36)11-8-14-41-35(38)39)31(51)44-25(17-21-9-6-5-7-10-21)33(53)46(40)29(49)13-12-28(48)42-24(18-27(37)47)32(52)45-26(34(54)55)16-20(3)4/h5-7,9-10,19-20,22-26H,8,11-18,36,40H2,1-4H3,(H2,37,47)(H,42,48)(H,43,50)(H,44,51)(H,45,52)(H,54,55)(H4,38,39,41)/t22-,23-,24-,25-,26-/m0/s1. The van der Waals surface area contributed by atoms with Crippen LogP contribution in [0.1, 0.15) is 78.2 Å². The number of nitrogens with one attached hydrogen (secondary N) is 4. The van der Waals surface area contributed by atoms with E-state index >= 15 is 0 Å². The molecule has 0 saturated carbocycles. The van der Waals surface area contributed by atoms with E-state index in [0.29, 0.717) is 12.0 Å². The molecule has 5 atom stereocenters. The van der Waals surface area contributed by atoms with Crippen molar-refractivity contribution < 1.29 is 43.5 Å². The van der Waals surface area contributed by atoms with Gasteiger partial charge in [-0.1, -0.05) is 58.0 Å². The second-order valence-electron chi connectivity index (χ2n) is 13.9. The van der Waals surface area contributed by atoms with E-state index in [9.17, 15) is 43.5 Å². The molecule has 20 heteroatoms. The fourth-order valence-corrected chi connectivity index (χ4v) is 5.23. The molecular weight excluding hydrogens is 718 g/mol. The average molecular weight is 776 g/mol. The van der Waals surface area contributed by atoms with E-state index < -0.39 is 96.8 Å². The SMILES string of the molecule is CC(C)C[C@H](NC(=O)[C@H](CC(N)=O)NC(=O)CCC(=O)N(N)C(=O)[C@H](Cc1ccccc1)NC(=O)[C@H](CC(C)C)NC(=O)[C@@H](N)CCCN=C(N)N)C(=O)O. The first-order valence-corrected chi connectivity index (χ1v) is 17.9. The number of carbonyl (C=O) groups excluding carboxylic acids is 7. The number of nitrogens with two attached hydrogens (primary N) is 5. The van der Waals surface area contributed by atoms with E-state index in [-0.39, 0.29) is 55.0 Å². The van der Waals surface area contributed by atoms with Crippen molar-refractivity contribution in [3.05, 3.63) is 35.9 Å². The number of primary amides is 1. The molecule has 0 heterocycles. The number of carboxylic acid groups (broad SMARTS) is 1. The number of aliphatic carboxylic acids is 1. The van der Waals surface area contributed by atoms with E-state index in [2.05, 4.69) is 26.3 Å². The third kappa shape index (κ3) is 18.8. The third-order valence-electron chi connectivity index (χ3n) is 7.99. The number of hydrazine groups is 1. The van der Waals surface area contributed by atoms with Crippen LogP contribution in [0.3, 0.4) is 0 Å². The lowest BCUT2D eigenvalue weighted by molar-refractivity contribution is -0.148. The van der Waals surface area contributed by atoms with E-state index in [1.54, 1.807) is 44.2 Å². The Kier molecular flexibility index (Phi) is 20.6. The lowest BCUT2D eigenvalue weighted by Gasteiger charge is -2.27. The molecule has 0 saturated heterocycles. The highest BCUT2D eigenvalue weighted by atomic mass is 16.4. The fourth-order valence-electron chi connectivity index (χ4n) is 5.23. The summed E-state index contributed by atoms with van der Waals surface area (Å²) in [5, 5.41) is 19.5. The van der Waals surface area contributed by atoms with Gasteiger partial charge in [0.2, 0.25) is 35.4 Å². The highest BCUT2D eigenvalue weighted by Gasteiger charge is 2.33. The number of hydrogen-bond donors (Lipinski definition) is 10. The van der Waals surface area contributed by atoms with Crippen LogP contribution in [0.15, 0.2) is 35.3 Å². The summed E-state index contributed by atoms with van der Waals surface area (Å²) < 4.78 is 0. The molecule has 0 unspecified atom stereocenters. The fraction of sp³-hybridized carbons (Fsp3) is 0.571. The second-order valence-corrected chi connectivity index (χ2v) is 13.9. The van der Waals surface area contributed by atoms with Crippen molar-refractivity contribution in [1.29, 1.82) is 0 Å². The molecule has 1 aromatic rings. The van der Waals surface area contributed by atoms with Crippen molar-refractivity contribution in [2.45, 2.75) is 109 Å². The average Bonchev–Trinajstić information content (AvgIpc) is 3.10. The van der Waals surface area contributed by atoms with Crippen LogP contribution >= 0.6 is 0 Å². The number of nitrogens with zero attached hydrogens (tertiary/aromatic N) is 2. The van der Waals surface area contributed by atoms with Crippen LogP contribution in [0.5, 0.6) is 0 Å². The zero-order valence-electron chi connectivity index (χ0n) is 31.8. The Morgan fingerprint density at radius 1 is 0.745 bits per heavy atom.